The summed E-state index contributed by atoms with van der Waals surface area (Å²) >= 11 is 7.30. The van der Waals surface area contributed by atoms with Gasteiger partial charge in [-0.05, 0) is 61.0 Å². The van der Waals surface area contributed by atoms with Crippen molar-refractivity contribution in [1.82, 2.24) is 4.98 Å². The van der Waals surface area contributed by atoms with Crippen LogP contribution in [0.3, 0.4) is 0 Å². The molecule has 3 aromatic carbocycles. The maximum atomic E-state index is 13.7. The molecule has 0 atom stereocenters. The summed E-state index contributed by atoms with van der Waals surface area (Å²) in [6.45, 7) is 2.51. The van der Waals surface area contributed by atoms with Gasteiger partial charge < -0.3 is 14.8 Å². The number of rotatable bonds is 7. The number of hydrogen-bond donors (Lipinski definition) is 1. The van der Waals surface area contributed by atoms with E-state index in [1.807, 2.05) is 73.0 Å². The normalized spacial score (nSPS) is 10.8. The Morgan fingerprint density at radius 2 is 1.68 bits per heavy atom. The molecular weight excluding hydrogens is 520 g/mol. The Bertz CT molecular complexity index is 1630. The summed E-state index contributed by atoms with van der Waals surface area (Å²) < 4.78 is 10.6. The number of carbonyl (C=O) groups excluding carboxylic acids is 2. The monoisotopic (exact) mass is 542 g/mol. The van der Waals surface area contributed by atoms with Crippen LogP contribution in [-0.2, 0) is 4.74 Å². The number of thiophene rings is 1. The van der Waals surface area contributed by atoms with Gasteiger partial charge in [-0.25, -0.2) is 9.78 Å². The van der Waals surface area contributed by atoms with Gasteiger partial charge >= 0.3 is 5.97 Å². The quantitative estimate of drug-likeness (QED) is 0.213. The fourth-order valence-corrected chi connectivity index (χ4v) is 5.25. The average Bonchev–Trinajstić information content (AvgIpc) is 3.36. The number of para-hydroxylation sites is 1. The third-order valence-electron chi connectivity index (χ3n) is 5.98. The van der Waals surface area contributed by atoms with E-state index in [9.17, 15) is 9.59 Å². The second-order valence-electron chi connectivity index (χ2n) is 8.34. The Balaban J connectivity index is 1.55. The molecule has 1 amide bonds. The highest BCUT2D eigenvalue weighted by molar-refractivity contribution is 7.15. The molecule has 38 heavy (non-hydrogen) atoms. The molecular formula is C30H23ClN2O4S. The Morgan fingerprint density at radius 3 is 2.39 bits per heavy atom. The fraction of sp³-hybridized carbons (Fsp3) is 0.100. The highest BCUT2D eigenvalue weighted by atomic mass is 35.5. The minimum atomic E-state index is -0.541. The molecule has 0 unspecified atom stereocenters. The first kappa shape index (κ1) is 25.4. The second-order valence-corrected chi connectivity index (χ2v) is 9.65. The Morgan fingerprint density at radius 1 is 0.974 bits per heavy atom. The number of halogens is 1. The van der Waals surface area contributed by atoms with Gasteiger partial charge in [-0.2, -0.15) is 0 Å². The average molecular weight is 543 g/mol. The topological polar surface area (TPSA) is 77.5 Å². The van der Waals surface area contributed by atoms with Crippen LogP contribution in [0, 0.1) is 0 Å². The number of carbonyl (C=O) groups is 2. The van der Waals surface area contributed by atoms with E-state index in [1.54, 1.807) is 18.2 Å². The molecule has 0 fully saturated rings. The number of ether oxygens (including phenoxy) is 2. The molecule has 0 spiro atoms. The van der Waals surface area contributed by atoms with Crippen molar-refractivity contribution in [2.45, 2.75) is 6.92 Å². The molecule has 0 aliphatic heterocycles. The number of methoxy groups -OCH3 is 1. The van der Waals surface area contributed by atoms with Crippen molar-refractivity contribution in [3.05, 3.63) is 100 Å². The number of esters is 1. The molecule has 8 heteroatoms. The SMILES string of the molecule is CCOc1ccc(-c2cc(C(=O)Nc3scc(-c4ccc(Cl)cc4)c3C(=O)OC)c3ccccc3n2)cc1. The van der Waals surface area contributed by atoms with Crippen LogP contribution in [-0.4, -0.2) is 30.6 Å². The van der Waals surface area contributed by atoms with E-state index in [4.69, 9.17) is 26.1 Å². The van der Waals surface area contributed by atoms with E-state index in [2.05, 4.69) is 5.32 Å². The van der Waals surface area contributed by atoms with Gasteiger partial charge in [0.05, 0.1) is 30.5 Å². The van der Waals surface area contributed by atoms with Gasteiger partial charge in [-0.15, -0.1) is 11.3 Å². The van der Waals surface area contributed by atoms with Crippen LogP contribution < -0.4 is 10.1 Å². The standard InChI is InChI=1S/C30H23ClN2O4S/c1-3-37-21-14-10-19(11-15-21)26-16-23(22-6-4-5-7-25(22)32-26)28(34)33-29-27(30(35)36-2)24(17-38-29)18-8-12-20(31)13-9-18/h4-17H,3H2,1-2H3,(H,33,34). The van der Waals surface area contributed by atoms with Crippen LogP contribution in [0.25, 0.3) is 33.3 Å². The molecule has 1 N–H and O–H groups in total. The summed E-state index contributed by atoms with van der Waals surface area (Å²) in [5, 5.41) is 6.45. The first-order valence-corrected chi connectivity index (χ1v) is 13.1. The highest BCUT2D eigenvalue weighted by Crippen LogP contribution is 2.37. The Hall–Kier alpha value is -4.20. The number of fused-ring (bicyclic) bond motifs is 1. The fourth-order valence-electron chi connectivity index (χ4n) is 4.17. The van der Waals surface area contributed by atoms with Gasteiger partial charge in [0, 0.05) is 26.9 Å². The lowest BCUT2D eigenvalue weighted by Crippen LogP contribution is -2.15. The van der Waals surface area contributed by atoms with Gasteiger partial charge in [0.2, 0.25) is 0 Å². The van der Waals surface area contributed by atoms with Gasteiger partial charge in [-0.3, -0.25) is 4.79 Å². The van der Waals surface area contributed by atoms with E-state index in [0.717, 1.165) is 16.9 Å². The molecule has 0 aliphatic carbocycles. The van der Waals surface area contributed by atoms with Crippen molar-refractivity contribution >= 4 is 50.7 Å². The number of amides is 1. The number of anilines is 1. The summed E-state index contributed by atoms with van der Waals surface area (Å²) in [4.78, 5) is 31.2. The smallest absolute Gasteiger partial charge is 0.341 e. The first-order valence-electron chi connectivity index (χ1n) is 11.9. The zero-order valence-electron chi connectivity index (χ0n) is 20.7. The molecule has 190 valence electrons. The third-order valence-corrected chi connectivity index (χ3v) is 7.13. The predicted octanol–water partition coefficient (Wildman–Crippen LogP) is 7.72. The zero-order valence-corrected chi connectivity index (χ0v) is 22.2. The van der Waals surface area contributed by atoms with E-state index >= 15 is 0 Å². The number of hydrogen-bond acceptors (Lipinski definition) is 6. The van der Waals surface area contributed by atoms with Crippen molar-refractivity contribution in [3.8, 4) is 28.1 Å². The van der Waals surface area contributed by atoms with Crippen LogP contribution in [0.4, 0.5) is 5.00 Å². The molecule has 2 aromatic heterocycles. The van der Waals surface area contributed by atoms with Crippen LogP contribution in [0.15, 0.2) is 84.2 Å². The lowest BCUT2D eigenvalue weighted by molar-refractivity contribution is 0.0603. The molecule has 5 rings (SSSR count). The van der Waals surface area contributed by atoms with Gasteiger partial charge in [0.25, 0.3) is 5.91 Å². The van der Waals surface area contributed by atoms with E-state index in [1.165, 1.54) is 18.4 Å². The summed E-state index contributed by atoms with van der Waals surface area (Å²) in [6.07, 6.45) is 0. The summed E-state index contributed by atoms with van der Waals surface area (Å²) in [5.41, 5.74) is 4.37. The largest absolute Gasteiger partial charge is 0.494 e. The minimum absolute atomic E-state index is 0.290. The van der Waals surface area contributed by atoms with Crippen LogP contribution in [0.5, 0.6) is 5.75 Å². The third kappa shape index (κ3) is 5.11. The zero-order chi connectivity index (χ0) is 26.6. The summed E-state index contributed by atoms with van der Waals surface area (Å²) in [5.74, 6) is -0.133. The Kier molecular flexibility index (Phi) is 7.40. The number of nitrogens with one attached hydrogen (secondary N) is 1. The van der Waals surface area contributed by atoms with Crippen molar-refractivity contribution in [2.24, 2.45) is 0 Å². The maximum absolute atomic E-state index is 13.7. The van der Waals surface area contributed by atoms with Crippen LogP contribution in [0.1, 0.15) is 27.6 Å². The van der Waals surface area contributed by atoms with Gasteiger partial charge in [-0.1, -0.05) is 41.9 Å². The summed E-state index contributed by atoms with van der Waals surface area (Å²) in [6, 6.07) is 24.0. The molecule has 0 aliphatic rings. The second kappa shape index (κ2) is 11.0. The number of nitrogens with zero attached hydrogens (tertiary/aromatic N) is 1. The van der Waals surface area contributed by atoms with Crippen molar-refractivity contribution in [1.29, 1.82) is 0 Å². The van der Waals surface area contributed by atoms with Crippen molar-refractivity contribution < 1.29 is 19.1 Å². The highest BCUT2D eigenvalue weighted by Gasteiger charge is 2.24. The molecule has 0 bridgehead atoms. The molecule has 6 nitrogen and oxygen atoms in total. The lowest BCUT2D eigenvalue weighted by Gasteiger charge is -2.12. The van der Waals surface area contributed by atoms with E-state index in [0.29, 0.717) is 49.9 Å². The molecule has 0 saturated heterocycles. The summed E-state index contributed by atoms with van der Waals surface area (Å²) in [7, 11) is 1.32. The van der Waals surface area contributed by atoms with E-state index < -0.39 is 5.97 Å². The maximum Gasteiger partial charge on any atom is 0.341 e. The predicted molar refractivity (Wildman–Crippen MR) is 152 cm³/mol. The number of pyridine rings is 1. The van der Waals surface area contributed by atoms with Crippen molar-refractivity contribution in [2.75, 3.05) is 19.0 Å². The van der Waals surface area contributed by atoms with E-state index in [-0.39, 0.29) is 5.91 Å². The molecule has 2 heterocycles. The molecule has 5 aromatic rings. The first-order chi connectivity index (χ1) is 18.5. The van der Waals surface area contributed by atoms with Crippen molar-refractivity contribution in [3.63, 3.8) is 0 Å². The number of benzene rings is 3. The minimum Gasteiger partial charge on any atom is -0.494 e. The number of aromatic nitrogens is 1. The lowest BCUT2D eigenvalue weighted by atomic mass is 10.0. The van der Waals surface area contributed by atoms with Gasteiger partial charge in [0.15, 0.2) is 0 Å². The molecule has 0 saturated carbocycles. The Labute approximate surface area is 228 Å². The van der Waals surface area contributed by atoms with Crippen LogP contribution >= 0.6 is 22.9 Å². The van der Waals surface area contributed by atoms with Gasteiger partial charge in [0.1, 0.15) is 16.3 Å². The van der Waals surface area contributed by atoms with Crippen LogP contribution in [0.2, 0.25) is 5.02 Å². The molecule has 0 radical (unpaired) electrons.